The van der Waals surface area contributed by atoms with Crippen LogP contribution in [-0.4, -0.2) is 36.3 Å². The summed E-state index contributed by atoms with van der Waals surface area (Å²) >= 11 is 0. The van der Waals surface area contributed by atoms with E-state index in [9.17, 15) is 9.59 Å². The minimum absolute atomic E-state index is 0.0658. The van der Waals surface area contributed by atoms with Crippen LogP contribution in [0.4, 0.5) is 16.4 Å². The topological polar surface area (TPSA) is 90.0 Å². The molecule has 0 spiro atoms. The van der Waals surface area contributed by atoms with E-state index in [-0.39, 0.29) is 18.3 Å². The quantitative estimate of drug-likeness (QED) is 0.868. The summed E-state index contributed by atoms with van der Waals surface area (Å²) in [7, 11) is 1.60. The van der Waals surface area contributed by atoms with E-state index in [0.717, 1.165) is 11.3 Å². The van der Waals surface area contributed by atoms with Crippen molar-refractivity contribution in [3.8, 4) is 11.5 Å². The maximum absolute atomic E-state index is 12.4. The van der Waals surface area contributed by atoms with E-state index in [4.69, 9.17) is 14.2 Å². The lowest BCUT2D eigenvalue weighted by Gasteiger charge is -2.28. The van der Waals surface area contributed by atoms with Gasteiger partial charge in [-0.2, -0.15) is 0 Å². The van der Waals surface area contributed by atoms with Crippen LogP contribution < -0.4 is 19.7 Å². The van der Waals surface area contributed by atoms with Crippen molar-refractivity contribution in [1.29, 1.82) is 0 Å². The van der Waals surface area contributed by atoms with E-state index in [1.807, 2.05) is 24.3 Å². The van der Waals surface area contributed by atoms with Gasteiger partial charge < -0.3 is 14.2 Å². The molecule has 0 saturated carbocycles. The Hall–Kier alpha value is -3.29. The van der Waals surface area contributed by atoms with E-state index >= 15 is 0 Å². The third-order valence-electron chi connectivity index (χ3n) is 3.88. The molecule has 2 heterocycles. The van der Waals surface area contributed by atoms with Gasteiger partial charge in [0, 0.05) is 0 Å². The standard InChI is InChI=1S/C20H23N3O5/c1-20(2,3)28-19(25)22-16-10-9-15-18(21-16)23(17(24)12-27-15)11-13-5-7-14(26-4)8-6-13/h5-10H,11-12H2,1-4H3,(H,21,22,25). The summed E-state index contributed by atoms with van der Waals surface area (Å²) in [5, 5.41) is 2.58. The molecule has 0 bridgehead atoms. The predicted octanol–water partition coefficient (Wildman–Crippen LogP) is 3.36. The monoisotopic (exact) mass is 385 g/mol. The number of aromatic nitrogens is 1. The highest BCUT2D eigenvalue weighted by Gasteiger charge is 2.28. The second-order valence-corrected chi connectivity index (χ2v) is 7.26. The van der Waals surface area contributed by atoms with E-state index in [0.29, 0.717) is 18.1 Å². The molecule has 1 aliphatic rings. The summed E-state index contributed by atoms with van der Waals surface area (Å²) in [5.41, 5.74) is 0.284. The first kappa shape index (κ1) is 19.5. The van der Waals surface area contributed by atoms with Crippen molar-refractivity contribution in [2.45, 2.75) is 32.9 Å². The number of ether oxygens (including phenoxy) is 3. The van der Waals surface area contributed by atoms with Crippen LogP contribution in [0.25, 0.3) is 0 Å². The van der Waals surface area contributed by atoms with Crippen LogP contribution in [0.15, 0.2) is 36.4 Å². The maximum Gasteiger partial charge on any atom is 0.413 e. The van der Waals surface area contributed by atoms with Crippen LogP contribution in [0.1, 0.15) is 26.3 Å². The third kappa shape index (κ3) is 4.70. The largest absolute Gasteiger partial charge is 0.497 e. The van der Waals surface area contributed by atoms with Gasteiger partial charge in [-0.3, -0.25) is 15.0 Å². The first-order valence-corrected chi connectivity index (χ1v) is 8.82. The normalized spacial score (nSPS) is 13.4. The SMILES string of the molecule is COc1ccc(CN2C(=O)COc3ccc(NC(=O)OC(C)(C)C)nc32)cc1. The summed E-state index contributed by atoms with van der Waals surface area (Å²) in [4.78, 5) is 30.3. The minimum atomic E-state index is -0.627. The Balaban J connectivity index is 1.82. The average Bonchev–Trinajstić information content (AvgIpc) is 2.63. The zero-order valence-electron chi connectivity index (χ0n) is 16.3. The zero-order chi connectivity index (χ0) is 20.3. The molecule has 1 aromatic carbocycles. The molecule has 0 unspecified atom stereocenters. The molecule has 3 rings (SSSR count). The van der Waals surface area contributed by atoms with Gasteiger partial charge >= 0.3 is 6.09 Å². The third-order valence-corrected chi connectivity index (χ3v) is 3.88. The number of anilines is 2. The number of nitrogens with zero attached hydrogens (tertiary/aromatic N) is 2. The van der Waals surface area contributed by atoms with Crippen LogP contribution in [0.3, 0.4) is 0 Å². The highest BCUT2D eigenvalue weighted by Crippen LogP contribution is 2.32. The van der Waals surface area contributed by atoms with Crippen LogP contribution in [0.2, 0.25) is 0 Å². The second kappa shape index (κ2) is 7.75. The van der Waals surface area contributed by atoms with Crippen molar-refractivity contribution < 1.29 is 23.8 Å². The molecular formula is C20H23N3O5. The number of carbonyl (C=O) groups excluding carboxylic acids is 2. The van der Waals surface area contributed by atoms with Crippen molar-refractivity contribution >= 4 is 23.6 Å². The van der Waals surface area contributed by atoms with Gasteiger partial charge in [-0.25, -0.2) is 9.78 Å². The molecule has 0 fully saturated rings. The highest BCUT2D eigenvalue weighted by molar-refractivity contribution is 5.97. The second-order valence-electron chi connectivity index (χ2n) is 7.26. The number of methoxy groups -OCH3 is 1. The summed E-state index contributed by atoms with van der Waals surface area (Å²) in [6, 6.07) is 10.7. The van der Waals surface area contributed by atoms with Gasteiger partial charge in [-0.15, -0.1) is 0 Å². The lowest BCUT2D eigenvalue weighted by Crippen LogP contribution is -2.39. The Kier molecular flexibility index (Phi) is 5.39. The fourth-order valence-electron chi connectivity index (χ4n) is 2.63. The number of hydrogen-bond donors (Lipinski definition) is 1. The van der Waals surface area contributed by atoms with Gasteiger partial charge in [-0.1, -0.05) is 12.1 Å². The van der Waals surface area contributed by atoms with Crippen LogP contribution >= 0.6 is 0 Å². The molecule has 0 aliphatic carbocycles. The number of benzene rings is 1. The van der Waals surface area contributed by atoms with Crippen molar-refractivity contribution in [3.63, 3.8) is 0 Å². The smallest absolute Gasteiger partial charge is 0.413 e. The molecule has 2 amide bonds. The maximum atomic E-state index is 12.4. The molecule has 148 valence electrons. The van der Waals surface area contributed by atoms with Crippen molar-refractivity contribution in [2.24, 2.45) is 0 Å². The molecule has 1 aromatic heterocycles. The number of nitrogens with one attached hydrogen (secondary N) is 1. The Morgan fingerprint density at radius 1 is 1.21 bits per heavy atom. The Labute approximate surface area is 163 Å². The molecule has 28 heavy (non-hydrogen) atoms. The lowest BCUT2D eigenvalue weighted by molar-refractivity contribution is -0.121. The van der Waals surface area contributed by atoms with Gasteiger partial charge in [0.25, 0.3) is 5.91 Å². The molecule has 8 nitrogen and oxygen atoms in total. The highest BCUT2D eigenvalue weighted by atomic mass is 16.6. The van der Waals surface area contributed by atoms with Crippen LogP contribution in [-0.2, 0) is 16.1 Å². The van der Waals surface area contributed by atoms with Gasteiger partial charge in [-0.05, 0) is 50.6 Å². The Morgan fingerprint density at radius 3 is 2.57 bits per heavy atom. The fraction of sp³-hybridized carbons (Fsp3) is 0.350. The predicted molar refractivity (Wildman–Crippen MR) is 104 cm³/mol. The number of amides is 2. The van der Waals surface area contributed by atoms with Gasteiger partial charge in [0.2, 0.25) is 0 Å². The lowest BCUT2D eigenvalue weighted by atomic mass is 10.2. The summed E-state index contributed by atoms with van der Waals surface area (Å²) < 4.78 is 15.9. The Bertz CT molecular complexity index is 874. The van der Waals surface area contributed by atoms with E-state index in [2.05, 4.69) is 10.3 Å². The summed E-state index contributed by atoms with van der Waals surface area (Å²) in [6.07, 6.45) is -0.621. The van der Waals surface area contributed by atoms with Crippen molar-refractivity contribution in [2.75, 3.05) is 23.9 Å². The molecule has 0 radical (unpaired) electrons. The molecule has 2 aromatic rings. The summed E-state index contributed by atoms with van der Waals surface area (Å²) in [6.45, 7) is 5.58. The first-order chi connectivity index (χ1) is 13.2. The molecule has 1 aliphatic heterocycles. The average molecular weight is 385 g/mol. The van der Waals surface area contributed by atoms with Gasteiger partial charge in [0.1, 0.15) is 17.2 Å². The molecule has 0 saturated heterocycles. The van der Waals surface area contributed by atoms with E-state index in [1.165, 1.54) is 4.90 Å². The Morgan fingerprint density at radius 2 is 1.93 bits per heavy atom. The van der Waals surface area contributed by atoms with Gasteiger partial charge in [0.05, 0.1) is 13.7 Å². The first-order valence-electron chi connectivity index (χ1n) is 8.82. The van der Waals surface area contributed by atoms with Crippen LogP contribution in [0, 0.1) is 0 Å². The van der Waals surface area contributed by atoms with Crippen molar-refractivity contribution in [1.82, 2.24) is 4.98 Å². The number of pyridine rings is 1. The molecule has 8 heteroatoms. The van der Waals surface area contributed by atoms with Gasteiger partial charge in [0.15, 0.2) is 18.2 Å². The molecule has 1 N–H and O–H groups in total. The number of hydrogen-bond acceptors (Lipinski definition) is 6. The number of rotatable bonds is 4. The summed E-state index contributed by atoms with van der Waals surface area (Å²) in [5.74, 6) is 1.61. The number of carbonyl (C=O) groups is 2. The van der Waals surface area contributed by atoms with Crippen LogP contribution in [0.5, 0.6) is 11.5 Å². The minimum Gasteiger partial charge on any atom is -0.497 e. The zero-order valence-corrected chi connectivity index (χ0v) is 16.3. The van der Waals surface area contributed by atoms with E-state index in [1.54, 1.807) is 40.0 Å². The number of fused-ring (bicyclic) bond motifs is 1. The van der Waals surface area contributed by atoms with E-state index < -0.39 is 11.7 Å². The molecule has 0 atom stereocenters. The molecular weight excluding hydrogens is 362 g/mol. The fourth-order valence-corrected chi connectivity index (χ4v) is 2.63. The van der Waals surface area contributed by atoms with Crippen molar-refractivity contribution in [3.05, 3.63) is 42.0 Å².